The first-order valence-corrected chi connectivity index (χ1v) is 11.4. The van der Waals surface area contributed by atoms with Crippen molar-refractivity contribution in [2.24, 2.45) is 10.9 Å². The van der Waals surface area contributed by atoms with Gasteiger partial charge in [0.15, 0.2) is 5.96 Å². The number of rotatable bonds is 6. The normalized spacial score (nSPS) is 17.0. The Hall–Kier alpha value is -3.22. The number of hydrogen-bond donors (Lipinski definition) is 2. The molecule has 0 spiro atoms. The summed E-state index contributed by atoms with van der Waals surface area (Å²) in [5, 5.41) is 6.53. The highest BCUT2D eigenvalue weighted by atomic mass is 16.5. The Morgan fingerprint density at radius 2 is 1.88 bits per heavy atom. The highest BCUT2D eigenvalue weighted by Crippen LogP contribution is 2.27. The number of carbonyl (C=O) groups excluding carboxylic acids is 1. The molecular formula is C25H33N5O2. The second-order valence-corrected chi connectivity index (χ2v) is 8.39. The van der Waals surface area contributed by atoms with E-state index in [2.05, 4.69) is 43.6 Å². The van der Waals surface area contributed by atoms with Crippen LogP contribution in [0.4, 0.5) is 11.4 Å². The van der Waals surface area contributed by atoms with Gasteiger partial charge in [0.05, 0.1) is 7.11 Å². The fourth-order valence-corrected chi connectivity index (χ4v) is 4.17. The monoisotopic (exact) mass is 435 g/mol. The first-order chi connectivity index (χ1) is 15.7. The number of amides is 1. The number of hydrogen-bond acceptors (Lipinski definition) is 4. The predicted molar refractivity (Wildman–Crippen MR) is 129 cm³/mol. The Bertz CT molecular complexity index is 949. The zero-order valence-corrected chi connectivity index (χ0v) is 19.0. The summed E-state index contributed by atoms with van der Waals surface area (Å²) in [5.74, 6) is 2.12. The molecule has 170 valence electrons. The third kappa shape index (κ3) is 5.33. The quantitative estimate of drug-likeness (QED) is 0.538. The van der Waals surface area contributed by atoms with Crippen LogP contribution in [0.5, 0.6) is 5.75 Å². The molecule has 2 aromatic carbocycles. The van der Waals surface area contributed by atoms with Crippen molar-refractivity contribution in [1.82, 2.24) is 10.2 Å². The Kier molecular flexibility index (Phi) is 7.14. The number of methoxy groups -OCH3 is 1. The van der Waals surface area contributed by atoms with Crippen LogP contribution in [0.2, 0.25) is 0 Å². The maximum atomic E-state index is 12.2. The molecule has 7 heteroatoms. The topological polar surface area (TPSA) is 69.2 Å². The van der Waals surface area contributed by atoms with Gasteiger partial charge in [0.25, 0.3) is 0 Å². The van der Waals surface area contributed by atoms with Gasteiger partial charge in [-0.3, -0.25) is 9.79 Å². The van der Waals surface area contributed by atoms with Crippen LogP contribution in [0.3, 0.4) is 0 Å². The van der Waals surface area contributed by atoms with Gasteiger partial charge in [-0.2, -0.15) is 0 Å². The fourth-order valence-electron chi connectivity index (χ4n) is 4.17. The average Bonchev–Trinajstić information content (AvgIpc) is 2.79. The van der Waals surface area contributed by atoms with Gasteiger partial charge in [0, 0.05) is 63.1 Å². The van der Waals surface area contributed by atoms with Gasteiger partial charge >= 0.3 is 0 Å². The second-order valence-electron chi connectivity index (χ2n) is 8.39. The van der Waals surface area contributed by atoms with Crippen molar-refractivity contribution in [1.29, 1.82) is 0 Å². The van der Waals surface area contributed by atoms with Crippen molar-refractivity contribution in [2.75, 3.05) is 50.6 Å². The van der Waals surface area contributed by atoms with Gasteiger partial charge in [-0.25, -0.2) is 0 Å². The van der Waals surface area contributed by atoms with E-state index in [0.717, 1.165) is 68.4 Å². The highest BCUT2D eigenvalue weighted by molar-refractivity contribution is 5.93. The molecule has 1 aliphatic heterocycles. The molecule has 0 atom stereocenters. The number of piperazine rings is 1. The van der Waals surface area contributed by atoms with Gasteiger partial charge < -0.3 is 25.2 Å². The van der Waals surface area contributed by atoms with E-state index in [-0.39, 0.29) is 11.8 Å². The summed E-state index contributed by atoms with van der Waals surface area (Å²) in [4.78, 5) is 21.4. The molecule has 1 saturated carbocycles. The molecule has 0 radical (unpaired) electrons. The molecular weight excluding hydrogens is 402 g/mol. The smallest absolute Gasteiger partial charge is 0.227 e. The summed E-state index contributed by atoms with van der Waals surface area (Å²) in [6.07, 6.45) is 3.18. The number of carbonyl (C=O) groups is 1. The van der Waals surface area contributed by atoms with E-state index in [1.807, 2.05) is 37.4 Å². The van der Waals surface area contributed by atoms with Crippen molar-refractivity contribution in [2.45, 2.75) is 25.8 Å². The minimum atomic E-state index is 0.145. The van der Waals surface area contributed by atoms with E-state index in [9.17, 15) is 4.79 Å². The number of guanidine groups is 1. The zero-order valence-electron chi connectivity index (χ0n) is 19.0. The van der Waals surface area contributed by atoms with Crippen molar-refractivity contribution in [3.8, 4) is 5.75 Å². The van der Waals surface area contributed by atoms with Crippen molar-refractivity contribution < 1.29 is 9.53 Å². The van der Waals surface area contributed by atoms with Gasteiger partial charge in [-0.15, -0.1) is 0 Å². The highest BCUT2D eigenvalue weighted by Gasteiger charge is 2.25. The first-order valence-electron chi connectivity index (χ1n) is 11.4. The third-order valence-electron chi connectivity index (χ3n) is 6.33. The van der Waals surface area contributed by atoms with Gasteiger partial charge in [-0.05, 0) is 42.7 Å². The number of nitrogens with zero attached hydrogens (tertiary/aromatic N) is 3. The summed E-state index contributed by atoms with van der Waals surface area (Å²) in [6.45, 7) is 4.31. The van der Waals surface area contributed by atoms with Crippen molar-refractivity contribution in [3.05, 3.63) is 54.1 Å². The molecule has 1 heterocycles. The summed E-state index contributed by atoms with van der Waals surface area (Å²) in [7, 11) is 3.52. The SMILES string of the molecule is CN=C(NCc1cccc(NC(=O)C2CCC2)c1)N1CCN(c2cccc(OC)c2)CC1. The van der Waals surface area contributed by atoms with Crippen molar-refractivity contribution >= 4 is 23.2 Å². The lowest BCUT2D eigenvalue weighted by atomic mass is 9.85. The van der Waals surface area contributed by atoms with E-state index < -0.39 is 0 Å². The molecule has 1 amide bonds. The number of benzene rings is 2. The zero-order chi connectivity index (χ0) is 22.3. The van der Waals surface area contributed by atoms with E-state index in [1.165, 1.54) is 5.69 Å². The Balaban J connectivity index is 1.29. The van der Waals surface area contributed by atoms with Crippen molar-refractivity contribution in [3.63, 3.8) is 0 Å². The van der Waals surface area contributed by atoms with E-state index in [0.29, 0.717) is 6.54 Å². The molecule has 1 aliphatic carbocycles. The predicted octanol–water partition coefficient (Wildman–Crippen LogP) is 3.33. The molecule has 2 aromatic rings. The van der Waals surface area contributed by atoms with Crippen LogP contribution < -0.4 is 20.3 Å². The molecule has 2 N–H and O–H groups in total. The second kappa shape index (κ2) is 10.4. The maximum Gasteiger partial charge on any atom is 0.227 e. The molecule has 0 unspecified atom stereocenters. The standard InChI is InChI=1S/C25H33N5O2/c1-26-25(30-14-12-29(13-15-30)22-10-5-11-23(17-22)32-2)27-18-19-6-3-9-21(16-19)28-24(31)20-7-4-8-20/h3,5-6,9-11,16-17,20H,4,7-8,12-15,18H2,1-2H3,(H,26,27)(H,28,31). The maximum absolute atomic E-state index is 12.2. The molecule has 7 nitrogen and oxygen atoms in total. The number of ether oxygens (including phenoxy) is 1. The molecule has 2 fully saturated rings. The lowest BCUT2D eigenvalue weighted by Gasteiger charge is -2.37. The van der Waals surface area contributed by atoms with Crippen LogP contribution in [-0.2, 0) is 11.3 Å². The lowest BCUT2D eigenvalue weighted by molar-refractivity contribution is -0.122. The molecule has 1 saturated heterocycles. The Morgan fingerprint density at radius 3 is 2.56 bits per heavy atom. The summed E-state index contributed by atoms with van der Waals surface area (Å²) < 4.78 is 5.36. The number of aliphatic imine (C=N–C) groups is 1. The Morgan fingerprint density at radius 1 is 1.09 bits per heavy atom. The number of nitrogens with one attached hydrogen (secondary N) is 2. The van der Waals surface area contributed by atoms with Crippen LogP contribution in [0, 0.1) is 5.92 Å². The van der Waals surface area contributed by atoms with Gasteiger partial charge in [-0.1, -0.05) is 24.6 Å². The lowest BCUT2D eigenvalue weighted by Crippen LogP contribution is -2.52. The Labute approximate surface area is 190 Å². The third-order valence-corrected chi connectivity index (χ3v) is 6.33. The molecule has 0 bridgehead atoms. The van der Waals surface area contributed by atoms with E-state index in [4.69, 9.17) is 4.74 Å². The van der Waals surface area contributed by atoms with Crippen LogP contribution in [0.1, 0.15) is 24.8 Å². The summed E-state index contributed by atoms with van der Waals surface area (Å²) in [6, 6.07) is 16.3. The fraction of sp³-hybridized carbons (Fsp3) is 0.440. The number of anilines is 2. The average molecular weight is 436 g/mol. The minimum absolute atomic E-state index is 0.145. The molecule has 4 rings (SSSR count). The van der Waals surface area contributed by atoms with Crippen LogP contribution in [-0.4, -0.2) is 57.1 Å². The van der Waals surface area contributed by atoms with Gasteiger partial charge in [0.1, 0.15) is 5.75 Å². The van der Waals surface area contributed by atoms with Crippen LogP contribution in [0.15, 0.2) is 53.5 Å². The molecule has 2 aliphatic rings. The van der Waals surface area contributed by atoms with Crippen LogP contribution in [0.25, 0.3) is 0 Å². The first kappa shape index (κ1) is 22.0. The summed E-state index contributed by atoms with van der Waals surface area (Å²) in [5.41, 5.74) is 3.17. The molecule has 32 heavy (non-hydrogen) atoms. The molecule has 0 aromatic heterocycles. The largest absolute Gasteiger partial charge is 0.497 e. The van der Waals surface area contributed by atoms with Crippen LogP contribution >= 0.6 is 0 Å². The van der Waals surface area contributed by atoms with E-state index in [1.54, 1.807) is 7.11 Å². The minimum Gasteiger partial charge on any atom is -0.497 e. The van der Waals surface area contributed by atoms with E-state index >= 15 is 0 Å². The summed E-state index contributed by atoms with van der Waals surface area (Å²) >= 11 is 0. The van der Waals surface area contributed by atoms with Gasteiger partial charge in [0.2, 0.25) is 5.91 Å².